The minimum Gasteiger partial charge on any atom is -0.359 e. The lowest BCUT2D eigenvalue weighted by atomic mass is 10.1. The van der Waals surface area contributed by atoms with Crippen LogP contribution in [-0.2, 0) is 13.6 Å². The summed E-state index contributed by atoms with van der Waals surface area (Å²) in [5, 5.41) is 7.07. The molecule has 0 unspecified atom stereocenters. The Kier molecular flexibility index (Phi) is 3.85. The van der Waals surface area contributed by atoms with Crippen molar-refractivity contribution in [3.8, 4) is 0 Å². The van der Waals surface area contributed by atoms with Crippen molar-refractivity contribution in [3.05, 3.63) is 46.2 Å². The van der Waals surface area contributed by atoms with Crippen LogP contribution in [0.3, 0.4) is 0 Å². The normalized spacial score (nSPS) is 11.6. The summed E-state index contributed by atoms with van der Waals surface area (Å²) in [5.41, 5.74) is 1.67. The number of aryl methyl sites for hydroxylation is 1. The molecule has 2 rings (SSSR count). The van der Waals surface area contributed by atoms with Gasteiger partial charge in [-0.15, -0.1) is 0 Å². The molecule has 0 atom stereocenters. The third kappa shape index (κ3) is 2.59. The summed E-state index contributed by atoms with van der Waals surface area (Å²) >= 11 is 0. The largest absolute Gasteiger partial charge is 0.359 e. The van der Waals surface area contributed by atoms with E-state index in [-0.39, 0.29) is 5.56 Å². The lowest BCUT2D eigenvalue weighted by Crippen LogP contribution is -2.36. The van der Waals surface area contributed by atoms with Crippen LogP contribution < -0.4 is 16.2 Å². The Hall–Kier alpha value is -2.30. The molecular formula is C14H18N4O. The standard InChI is InChI=1S/C14H18N4O/c1-15-14(16-2)17-9-11-8-10-6-4-5-7-12(10)18(3)13(11)19/h4-8H,9H2,1-3H3,(H2,15,16,17). The number of nitrogens with zero attached hydrogens (tertiary/aromatic N) is 2. The Morgan fingerprint density at radius 3 is 2.79 bits per heavy atom. The Bertz CT molecular complexity index is 673. The zero-order chi connectivity index (χ0) is 13.8. The number of fused-ring (bicyclic) bond motifs is 1. The van der Waals surface area contributed by atoms with Crippen molar-refractivity contribution in [3.63, 3.8) is 0 Å². The van der Waals surface area contributed by atoms with Crippen LogP contribution in [0.5, 0.6) is 0 Å². The summed E-state index contributed by atoms with van der Waals surface area (Å²) in [6, 6.07) is 9.78. The summed E-state index contributed by atoms with van der Waals surface area (Å²) in [6.07, 6.45) is 0. The molecule has 1 aromatic heterocycles. The number of aliphatic imine (C=N–C) groups is 1. The quantitative estimate of drug-likeness (QED) is 0.620. The van der Waals surface area contributed by atoms with Crippen molar-refractivity contribution in [2.24, 2.45) is 12.0 Å². The zero-order valence-electron chi connectivity index (χ0n) is 11.4. The van der Waals surface area contributed by atoms with Crippen molar-refractivity contribution in [2.75, 3.05) is 14.1 Å². The average molecular weight is 258 g/mol. The number of rotatable bonds is 2. The van der Waals surface area contributed by atoms with Crippen molar-refractivity contribution in [2.45, 2.75) is 6.54 Å². The molecule has 0 saturated heterocycles. The predicted octanol–water partition coefficient (Wildman–Crippen LogP) is 0.833. The van der Waals surface area contributed by atoms with Crippen molar-refractivity contribution in [1.29, 1.82) is 0 Å². The molecule has 5 nitrogen and oxygen atoms in total. The number of para-hydroxylation sites is 1. The highest BCUT2D eigenvalue weighted by Crippen LogP contribution is 2.12. The third-order valence-corrected chi connectivity index (χ3v) is 3.11. The molecule has 0 bridgehead atoms. The summed E-state index contributed by atoms with van der Waals surface area (Å²) in [4.78, 5) is 16.3. The monoisotopic (exact) mass is 258 g/mol. The molecule has 0 aliphatic rings. The Balaban J connectivity index is 2.39. The molecule has 0 fully saturated rings. The molecule has 100 valence electrons. The summed E-state index contributed by atoms with van der Waals surface area (Å²) < 4.78 is 1.68. The van der Waals surface area contributed by atoms with Crippen LogP contribution >= 0.6 is 0 Å². The highest BCUT2D eigenvalue weighted by Gasteiger charge is 2.06. The van der Waals surface area contributed by atoms with Gasteiger partial charge in [-0.1, -0.05) is 18.2 Å². The van der Waals surface area contributed by atoms with Crippen LogP contribution in [0.2, 0.25) is 0 Å². The van der Waals surface area contributed by atoms with Crippen LogP contribution in [-0.4, -0.2) is 24.6 Å². The highest BCUT2D eigenvalue weighted by molar-refractivity contribution is 5.81. The van der Waals surface area contributed by atoms with Gasteiger partial charge < -0.3 is 15.2 Å². The van der Waals surface area contributed by atoms with Gasteiger partial charge in [0.05, 0.1) is 5.52 Å². The SMILES string of the molecule is CN=C(NC)NCc1cc2ccccc2n(C)c1=O. The smallest absolute Gasteiger partial charge is 0.255 e. The fourth-order valence-corrected chi connectivity index (χ4v) is 2.07. The molecule has 19 heavy (non-hydrogen) atoms. The fraction of sp³-hybridized carbons (Fsp3) is 0.286. The first-order valence-electron chi connectivity index (χ1n) is 6.13. The Morgan fingerprint density at radius 1 is 1.37 bits per heavy atom. The lowest BCUT2D eigenvalue weighted by Gasteiger charge is -2.11. The summed E-state index contributed by atoms with van der Waals surface area (Å²) in [5.74, 6) is 0.662. The minimum absolute atomic E-state index is 0.0118. The van der Waals surface area contributed by atoms with Gasteiger partial charge in [0.1, 0.15) is 0 Å². The van der Waals surface area contributed by atoms with Crippen molar-refractivity contribution in [1.82, 2.24) is 15.2 Å². The summed E-state index contributed by atoms with van der Waals surface area (Å²) in [6.45, 7) is 0.449. The van der Waals surface area contributed by atoms with E-state index >= 15 is 0 Å². The van der Waals surface area contributed by atoms with Gasteiger partial charge in [-0.3, -0.25) is 9.79 Å². The molecule has 2 N–H and O–H groups in total. The Labute approximate surface area is 112 Å². The van der Waals surface area contributed by atoms with E-state index in [2.05, 4.69) is 15.6 Å². The first-order chi connectivity index (χ1) is 9.17. The number of nitrogens with one attached hydrogen (secondary N) is 2. The number of hydrogen-bond donors (Lipinski definition) is 2. The molecule has 0 spiro atoms. The van der Waals surface area contributed by atoms with E-state index in [1.54, 1.807) is 25.7 Å². The van der Waals surface area contributed by atoms with Crippen LogP contribution in [0, 0.1) is 0 Å². The molecule has 0 amide bonds. The van der Waals surface area contributed by atoms with Crippen molar-refractivity contribution < 1.29 is 0 Å². The topological polar surface area (TPSA) is 58.4 Å². The second-order valence-corrected chi connectivity index (χ2v) is 4.27. The molecular weight excluding hydrogens is 240 g/mol. The fourth-order valence-electron chi connectivity index (χ4n) is 2.07. The predicted molar refractivity (Wildman–Crippen MR) is 78.4 cm³/mol. The van der Waals surface area contributed by atoms with Gasteiger partial charge in [-0.2, -0.15) is 0 Å². The molecule has 0 aliphatic carbocycles. The van der Waals surface area contributed by atoms with E-state index in [1.165, 1.54) is 0 Å². The average Bonchev–Trinajstić information content (AvgIpc) is 2.45. The maximum atomic E-state index is 12.2. The van der Waals surface area contributed by atoms with Gasteiger partial charge >= 0.3 is 0 Å². The van der Waals surface area contributed by atoms with Gasteiger partial charge in [-0.25, -0.2) is 0 Å². The van der Waals surface area contributed by atoms with Gasteiger partial charge in [0.25, 0.3) is 5.56 Å². The maximum absolute atomic E-state index is 12.2. The molecule has 0 saturated carbocycles. The second kappa shape index (κ2) is 5.56. The Morgan fingerprint density at radius 2 is 2.11 bits per heavy atom. The zero-order valence-corrected chi connectivity index (χ0v) is 11.4. The van der Waals surface area contributed by atoms with Crippen LogP contribution in [0.1, 0.15) is 5.56 Å². The van der Waals surface area contributed by atoms with Gasteiger partial charge in [-0.05, 0) is 17.5 Å². The third-order valence-electron chi connectivity index (χ3n) is 3.11. The van der Waals surface area contributed by atoms with Crippen LogP contribution in [0.25, 0.3) is 10.9 Å². The van der Waals surface area contributed by atoms with Crippen LogP contribution in [0.15, 0.2) is 40.1 Å². The van der Waals surface area contributed by atoms with Gasteiger partial charge in [0.2, 0.25) is 0 Å². The number of pyridine rings is 1. The summed E-state index contributed by atoms with van der Waals surface area (Å²) in [7, 11) is 5.27. The first-order valence-corrected chi connectivity index (χ1v) is 6.13. The van der Waals surface area contributed by atoms with Gasteiger partial charge in [0, 0.05) is 33.3 Å². The van der Waals surface area contributed by atoms with E-state index in [9.17, 15) is 4.79 Å². The first kappa shape index (κ1) is 13.1. The number of aromatic nitrogens is 1. The molecule has 1 heterocycles. The minimum atomic E-state index is 0.0118. The van der Waals surface area contributed by atoms with E-state index in [0.29, 0.717) is 12.5 Å². The highest BCUT2D eigenvalue weighted by atomic mass is 16.1. The number of benzene rings is 1. The lowest BCUT2D eigenvalue weighted by molar-refractivity contribution is 0.817. The van der Waals surface area contributed by atoms with E-state index in [4.69, 9.17) is 0 Å². The van der Waals surface area contributed by atoms with Crippen LogP contribution in [0.4, 0.5) is 0 Å². The molecule has 0 aliphatic heterocycles. The van der Waals surface area contributed by atoms with E-state index in [0.717, 1.165) is 16.5 Å². The van der Waals surface area contributed by atoms with E-state index in [1.807, 2.05) is 30.3 Å². The van der Waals surface area contributed by atoms with Crippen molar-refractivity contribution >= 4 is 16.9 Å². The number of guanidine groups is 1. The second-order valence-electron chi connectivity index (χ2n) is 4.27. The molecule has 5 heteroatoms. The number of hydrogen-bond acceptors (Lipinski definition) is 2. The molecule has 2 aromatic rings. The maximum Gasteiger partial charge on any atom is 0.255 e. The van der Waals surface area contributed by atoms with E-state index < -0.39 is 0 Å². The molecule has 1 aromatic carbocycles. The molecule has 0 radical (unpaired) electrons. The van der Waals surface area contributed by atoms with Gasteiger partial charge in [0.15, 0.2) is 5.96 Å².